The maximum atomic E-state index is 13.3. The first-order valence-electron chi connectivity index (χ1n) is 6.09. The van der Waals surface area contributed by atoms with Gasteiger partial charge in [0.05, 0.1) is 0 Å². The third kappa shape index (κ3) is 2.83. The van der Waals surface area contributed by atoms with Crippen LogP contribution in [0.5, 0.6) is 0 Å². The molecule has 0 aliphatic carbocycles. The van der Waals surface area contributed by atoms with Crippen molar-refractivity contribution in [1.82, 2.24) is 4.98 Å². The summed E-state index contributed by atoms with van der Waals surface area (Å²) in [6.45, 7) is 5.09. The van der Waals surface area contributed by atoms with E-state index in [0.717, 1.165) is 6.07 Å². The predicted octanol–water partition coefficient (Wildman–Crippen LogP) is 0.942. The standard InChI is InChI=1S/C13H15BFNO4/c1-13(2,3)20-12(17)11-10(14(18)19)8-6-7(15)4-5-9(8)16-11/h4-6,16,18-19H,1-3H3. The normalized spacial score (nSPS) is 11.7. The summed E-state index contributed by atoms with van der Waals surface area (Å²) in [4.78, 5) is 14.8. The second kappa shape index (κ2) is 4.92. The molecular weight excluding hydrogens is 264 g/mol. The van der Waals surface area contributed by atoms with Gasteiger partial charge in [0.15, 0.2) is 0 Å². The highest BCUT2D eigenvalue weighted by atomic mass is 19.1. The van der Waals surface area contributed by atoms with E-state index in [1.54, 1.807) is 20.8 Å². The lowest BCUT2D eigenvalue weighted by Crippen LogP contribution is -2.36. The summed E-state index contributed by atoms with van der Waals surface area (Å²) in [7, 11) is -1.91. The third-order valence-corrected chi connectivity index (χ3v) is 2.66. The van der Waals surface area contributed by atoms with E-state index in [9.17, 15) is 19.2 Å². The molecule has 0 bridgehead atoms. The van der Waals surface area contributed by atoms with Crippen LogP contribution in [-0.2, 0) is 4.74 Å². The van der Waals surface area contributed by atoms with Crippen molar-refractivity contribution in [2.75, 3.05) is 0 Å². The number of aromatic amines is 1. The van der Waals surface area contributed by atoms with Gasteiger partial charge in [-0.05, 0) is 39.0 Å². The summed E-state index contributed by atoms with van der Waals surface area (Å²) in [5.74, 6) is -1.26. The Morgan fingerprint density at radius 1 is 1.35 bits per heavy atom. The smallest absolute Gasteiger partial charge is 0.455 e. The lowest BCUT2D eigenvalue weighted by molar-refractivity contribution is 0.00649. The number of rotatable bonds is 2. The molecule has 2 rings (SSSR count). The number of fused-ring (bicyclic) bond motifs is 1. The van der Waals surface area contributed by atoms with Gasteiger partial charge in [-0.15, -0.1) is 0 Å². The molecule has 3 N–H and O–H groups in total. The summed E-state index contributed by atoms with van der Waals surface area (Å²) < 4.78 is 18.5. The van der Waals surface area contributed by atoms with Gasteiger partial charge in [0.25, 0.3) is 0 Å². The van der Waals surface area contributed by atoms with E-state index in [1.807, 2.05) is 0 Å². The van der Waals surface area contributed by atoms with Crippen LogP contribution in [0.15, 0.2) is 18.2 Å². The molecule has 0 spiro atoms. The van der Waals surface area contributed by atoms with Gasteiger partial charge in [0, 0.05) is 16.4 Å². The molecule has 106 valence electrons. The molecular formula is C13H15BFNO4. The Hall–Kier alpha value is -1.86. The van der Waals surface area contributed by atoms with Crippen molar-refractivity contribution in [3.8, 4) is 0 Å². The van der Waals surface area contributed by atoms with Crippen molar-refractivity contribution in [2.24, 2.45) is 0 Å². The minimum atomic E-state index is -1.91. The number of esters is 1. The van der Waals surface area contributed by atoms with Gasteiger partial charge in [-0.1, -0.05) is 0 Å². The molecule has 1 aromatic carbocycles. The van der Waals surface area contributed by atoms with Crippen molar-refractivity contribution < 1.29 is 24.0 Å². The second-order valence-electron chi connectivity index (χ2n) is 5.48. The summed E-state index contributed by atoms with van der Waals surface area (Å²) in [6, 6.07) is 3.77. The van der Waals surface area contributed by atoms with Crippen molar-refractivity contribution in [1.29, 1.82) is 0 Å². The van der Waals surface area contributed by atoms with Gasteiger partial charge in [-0.3, -0.25) is 0 Å². The Bertz CT molecular complexity index is 660. The van der Waals surface area contributed by atoms with Gasteiger partial charge in [0.1, 0.15) is 17.1 Å². The Labute approximate surface area is 115 Å². The molecule has 1 heterocycles. The number of aromatic nitrogens is 1. The number of ether oxygens (including phenoxy) is 1. The molecule has 2 aromatic rings. The van der Waals surface area contributed by atoms with Gasteiger partial charge in [-0.25, -0.2) is 9.18 Å². The van der Waals surface area contributed by atoms with E-state index in [2.05, 4.69) is 4.98 Å². The van der Waals surface area contributed by atoms with E-state index in [0.29, 0.717) is 5.52 Å². The second-order valence-corrected chi connectivity index (χ2v) is 5.48. The molecule has 5 nitrogen and oxygen atoms in total. The lowest BCUT2D eigenvalue weighted by Gasteiger charge is -2.19. The molecule has 0 saturated heterocycles. The average molecular weight is 279 g/mol. The van der Waals surface area contributed by atoms with Crippen molar-refractivity contribution >= 4 is 29.5 Å². The van der Waals surface area contributed by atoms with Crippen LogP contribution in [0.25, 0.3) is 10.9 Å². The molecule has 0 atom stereocenters. The molecule has 0 fully saturated rings. The van der Waals surface area contributed by atoms with E-state index in [4.69, 9.17) is 4.74 Å². The number of benzene rings is 1. The quantitative estimate of drug-likeness (QED) is 0.564. The van der Waals surface area contributed by atoms with Gasteiger partial charge in [0.2, 0.25) is 0 Å². The van der Waals surface area contributed by atoms with Crippen molar-refractivity contribution in [3.05, 3.63) is 29.7 Å². The first kappa shape index (κ1) is 14.6. The van der Waals surface area contributed by atoms with Crippen LogP contribution < -0.4 is 5.46 Å². The van der Waals surface area contributed by atoms with Crippen LogP contribution >= 0.6 is 0 Å². The molecule has 0 aliphatic heterocycles. The van der Waals surface area contributed by atoms with Crippen LogP contribution in [0.1, 0.15) is 31.3 Å². The number of hydrogen-bond acceptors (Lipinski definition) is 4. The number of carbonyl (C=O) groups is 1. The molecule has 0 amide bonds. The number of carbonyl (C=O) groups excluding carboxylic acids is 1. The highest BCUT2D eigenvalue weighted by molar-refractivity contribution is 6.63. The molecule has 0 unspecified atom stereocenters. The number of H-pyrrole nitrogens is 1. The number of hydrogen-bond donors (Lipinski definition) is 3. The molecule has 0 aliphatic rings. The molecule has 1 aromatic heterocycles. The number of halogens is 1. The van der Waals surface area contributed by atoms with E-state index < -0.39 is 24.5 Å². The maximum absolute atomic E-state index is 13.3. The van der Waals surface area contributed by atoms with Crippen LogP contribution in [0.2, 0.25) is 0 Å². The van der Waals surface area contributed by atoms with Crippen LogP contribution in [0.4, 0.5) is 4.39 Å². The highest BCUT2D eigenvalue weighted by Crippen LogP contribution is 2.18. The summed E-state index contributed by atoms with van der Waals surface area (Å²) in [5, 5.41) is 19.1. The molecule has 0 radical (unpaired) electrons. The lowest BCUT2D eigenvalue weighted by atomic mass is 9.78. The fourth-order valence-corrected chi connectivity index (χ4v) is 1.94. The zero-order valence-corrected chi connectivity index (χ0v) is 11.4. The third-order valence-electron chi connectivity index (χ3n) is 2.66. The highest BCUT2D eigenvalue weighted by Gasteiger charge is 2.29. The average Bonchev–Trinajstić information content (AvgIpc) is 2.65. The number of nitrogens with one attached hydrogen (secondary N) is 1. The Balaban J connectivity index is 2.58. The predicted molar refractivity (Wildman–Crippen MR) is 73.3 cm³/mol. The monoisotopic (exact) mass is 279 g/mol. The fraction of sp³-hybridized carbons (Fsp3) is 0.308. The van der Waals surface area contributed by atoms with E-state index >= 15 is 0 Å². The summed E-state index contributed by atoms with van der Waals surface area (Å²) >= 11 is 0. The van der Waals surface area contributed by atoms with Crippen LogP contribution in [0, 0.1) is 5.82 Å². The molecule has 7 heteroatoms. The minimum Gasteiger partial charge on any atom is -0.455 e. The minimum absolute atomic E-state index is 0.0875. The first-order chi connectivity index (χ1) is 9.19. The van der Waals surface area contributed by atoms with Crippen LogP contribution in [-0.4, -0.2) is 33.7 Å². The topological polar surface area (TPSA) is 82.6 Å². The summed E-state index contributed by atoms with van der Waals surface area (Å²) in [5.41, 5.74) is -0.475. The van der Waals surface area contributed by atoms with E-state index in [-0.39, 0.29) is 16.5 Å². The Kier molecular flexibility index (Phi) is 3.58. The largest absolute Gasteiger partial charge is 0.491 e. The van der Waals surface area contributed by atoms with Crippen molar-refractivity contribution in [2.45, 2.75) is 26.4 Å². The Morgan fingerprint density at radius 3 is 2.55 bits per heavy atom. The molecule has 0 saturated carbocycles. The van der Waals surface area contributed by atoms with Gasteiger partial charge in [-0.2, -0.15) is 0 Å². The van der Waals surface area contributed by atoms with Gasteiger partial charge < -0.3 is 19.8 Å². The first-order valence-corrected chi connectivity index (χ1v) is 6.09. The SMILES string of the molecule is CC(C)(C)OC(=O)c1[nH]c2ccc(F)cc2c1B(O)O. The Morgan fingerprint density at radius 2 is 2.00 bits per heavy atom. The molecule has 20 heavy (non-hydrogen) atoms. The van der Waals surface area contributed by atoms with Gasteiger partial charge >= 0.3 is 13.1 Å². The van der Waals surface area contributed by atoms with Crippen LogP contribution in [0.3, 0.4) is 0 Å². The fourth-order valence-electron chi connectivity index (χ4n) is 1.94. The van der Waals surface area contributed by atoms with Crippen molar-refractivity contribution in [3.63, 3.8) is 0 Å². The maximum Gasteiger partial charge on any atom is 0.491 e. The zero-order chi connectivity index (χ0) is 15.1. The van der Waals surface area contributed by atoms with E-state index in [1.165, 1.54) is 12.1 Å². The zero-order valence-electron chi connectivity index (χ0n) is 11.4. The summed E-state index contributed by atoms with van der Waals surface area (Å²) in [6.07, 6.45) is 0.